The number of hydrogen-bond donors (Lipinski definition) is 3. The first-order chi connectivity index (χ1) is 13.9. The Morgan fingerprint density at radius 1 is 0.931 bits per heavy atom. The smallest absolute Gasteiger partial charge is 0.330 e. The molecule has 0 spiro atoms. The molecule has 0 aromatic heterocycles. The maximum atomic E-state index is 11.9. The van der Waals surface area contributed by atoms with E-state index in [0.717, 1.165) is 6.08 Å². The van der Waals surface area contributed by atoms with Crippen molar-refractivity contribution in [3.8, 4) is 0 Å². The van der Waals surface area contributed by atoms with E-state index in [1.807, 2.05) is 13.8 Å². The second kappa shape index (κ2) is 15.7. The van der Waals surface area contributed by atoms with Crippen LogP contribution in [0.1, 0.15) is 33.1 Å². The van der Waals surface area contributed by atoms with E-state index in [1.165, 1.54) is 11.8 Å². The van der Waals surface area contributed by atoms with Gasteiger partial charge in [-0.05, 0) is 12.8 Å². The average Bonchev–Trinajstić information content (AvgIpc) is 2.76. The number of carbonyl (C=O) groups excluding carboxylic acids is 2. The lowest BCUT2D eigenvalue weighted by molar-refractivity contribution is -0.152. The first kappa shape index (κ1) is 27.9. The quantitative estimate of drug-likeness (QED) is 0.165. The van der Waals surface area contributed by atoms with Crippen molar-refractivity contribution < 1.29 is 39.1 Å². The number of esters is 2. The summed E-state index contributed by atoms with van der Waals surface area (Å²) >= 11 is 1.47. The van der Waals surface area contributed by atoms with Crippen LogP contribution in [-0.4, -0.2) is 85.0 Å². The van der Waals surface area contributed by atoms with Crippen molar-refractivity contribution >= 4 is 23.7 Å². The zero-order valence-electron chi connectivity index (χ0n) is 17.6. The van der Waals surface area contributed by atoms with Crippen LogP contribution in [0, 0.1) is 10.8 Å². The molecule has 0 aromatic rings. The molecular formula is C20H36O8S. The molecule has 0 aromatic carbocycles. The summed E-state index contributed by atoms with van der Waals surface area (Å²) in [6, 6.07) is 0. The molecule has 170 valence electrons. The fourth-order valence-electron chi connectivity index (χ4n) is 2.29. The van der Waals surface area contributed by atoms with Gasteiger partial charge in [0.05, 0.1) is 50.3 Å². The lowest BCUT2D eigenvalue weighted by Crippen LogP contribution is -2.41. The summed E-state index contributed by atoms with van der Waals surface area (Å²) in [4.78, 5) is 23.2. The SMILES string of the molecule is C=CC(=O)OCC(CC)(CO)COCC(CC)(CO)COC(=O)CCSCCO. The monoisotopic (exact) mass is 436 g/mol. The van der Waals surface area contributed by atoms with Gasteiger partial charge in [0.15, 0.2) is 0 Å². The van der Waals surface area contributed by atoms with Gasteiger partial charge in [0.25, 0.3) is 0 Å². The molecule has 0 fully saturated rings. The van der Waals surface area contributed by atoms with Crippen molar-refractivity contribution in [1.29, 1.82) is 0 Å². The summed E-state index contributed by atoms with van der Waals surface area (Å²) in [5, 5.41) is 28.4. The average molecular weight is 437 g/mol. The second-order valence-electron chi connectivity index (χ2n) is 7.07. The summed E-state index contributed by atoms with van der Waals surface area (Å²) in [5.74, 6) is 0.200. The van der Waals surface area contributed by atoms with Gasteiger partial charge in [0, 0.05) is 17.6 Å². The molecule has 0 aliphatic heterocycles. The molecule has 3 N–H and O–H groups in total. The molecule has 29 heavy (non-hydrogen) atoms. The Morgan fingerprint density at radius 3 is 1.93 bits per heavy atom. The van der Waals surface area contributed by atoms with Crippen LogP contribution in [0.3, 0.4) is 0 Å². The highest BCUT2D eigenvalue weighted by Crippen LogP contribution is 2.27. The molecule has 2 atom stereocenters. The Morgan fingerprint density at radius 2 is 1.48 bits per heavy atom. The standard InChI is InChI=1S/C20H36O8S/c1-4-17(24)27-15-19(5-2,11-22)13-26-14-20(6-3,12-23)16-28-18(25)7-9-29-10-8-21/h4,21-23H,1,5-16H2,2-3H3. The molecule has 0 bridgehead atoms. The van der Waals surface area contributed by atoms with Crippen LogP contribution in [0.2, 0.25) is 0 Å². The van der Waals surface area contributed by atoms with Crippen molar-refractivity contribution in [2.24, 2.45) is 10.8 Å². The number of hydrogen-bond acceptors (Lipinski definition) is 9. The third kappa shape index (κ3) is 11.0. The Balaban J connectivity index is 4.65. The van der Waals surface area contributed by atoms with E-state index in [-0.39, 0.29) is 58.6 Å². The molecule has 9 heteroatoms. The zero-order chi connectivity index (χ0) is 22.2. The molecule has 0 aliphatic rings. The minimum Gasteiger partial charge on any atom is -0.465 e. The highest BCUT2D eigenvalue weighted by Gasteiger charge is 2.34. The molecule has 8 nitrogen and oxygen atoms in total. The number of thioether (sulfide) groups is 1. The minimum absolute atomic E-state index is 0.0103. The summed E-state index contributed by atoms with van der Waals surface area (Å²) in [6.07, 6.45) is 2.34. The number of aliphatic hydroxyl groups is 3. The van der Waals surface area contributed by atoms with Crippen LogP contribution in [0.4, 0.5) is 0 Å². The highest BCUT2D eigenvalue weighted by molar-refractivity contribution is 7.99. The van der Waals surface area contributed by atoms with Crippen molar-refractivity contribution in [2.45, 2.75) is 33.1 Å². The van der Waals surface area contributed by atoms with Gasteiger partial charge in [-0.3, -0.25) is 4.79 Å². The van der Waals surface area contributed by atoms with Gasteiger partial charge in [0.1, 0.15) is 13.2 Å². The first-order valence-electron chi connectivity index (χ1n) is 9.79. The molecule has 0 saturated carbocycles. The van der Waals surface area contributed by atoms with Gasteiger partial charge < -0.3 is 29.5 Å². The van der Waals surface area contributed by atoms with Crippen LogP contribution in [0.5, 0.6) is 0 Å². The predicted octanol–water partition coefficient (Wildman–Crippen LogP) is 1.17. The van der Waals surface area contributed by atoms with Crippen molar-refractivity contribution in [1.82, 2.24) is 0 Å². The molecule has 0 heterocycles. The first-order valence-corrected chi connectivity index (χ1v) is 10.9. The van der Waals surface area contributed by atoms with Gasteiger partial charge in [-0.15, -0.1) is 0 Å². The van der Waals surface area contributed by atoms with E-state index < -0.39 is 16.8 Å². The Hall–Kier alpha value is -1.13. The second-order valence-corrected chi connectivity index (χ2v) is 8.30. The van der Waals surface area contributed by atoms with E-state index in [4.69, 9.17) is 19.3 Å². The Bertz CT molecular complexity index is 475. The third-order valence-corrected chi connectivity index (χ3v) is 5.86. The van der Waals surface area contributed by atoms with Gasteiger partial charge in [-0.25, -0.2) is 4.79 Å². The van der Waals surface area contributed by atoms with E-state index in [9.17, 15) is 19.8 Å². The lowest BCUT2D eigenvalue weighted by Gasteiger charge is -2.34. The maximum Gasteiger partial charge on any atom is 0.330 e. The lowest BCUT2D eigenvalue weighted by atomic mass is 9.86. The van der Waals surface area contributed by atoms with E-state index in [1.54, 1.807) is 0 Å². The van der Waals surface area contributed by atoms with Crippen LogP contribution < -0.4 is 0 Å². The predicted molar refractivity (Wildman–Crippen MR) is 112 cm³/mol. The molecular weight excluding hydrogens is 400 g/mol. The number of aliphatic hydroxyl groups excluding tert-OH is 3. The van der Waals surface area contributed by atoms with E-state index in [2.05, 4.69) is 6.58 Å². The van der Waals surface area contributed by atoms with Crippen molar-refractivity contribution in [2.75, 3.05) is 57.8 Å². The van der Waals surface area contributed by atoms with Gasteiger partial charge in [-0.1, -0.05) is 20.4 Å². The van der Waals surface area contributed by atoms with Crippen LogP contribution >= 0.6 is 11.8 Å². The summed E-state index contributed by atoms with van der Waals surface area (Å²) in [6.45, 7) is 6.95. The van der Waals surface area contributed by atoms with E-state index >= 15 is 0 Å². The highest BCUT2D eigenvalue weighted by atomic mass is 32.2. The van der Waals surface area contributed by atoms with Gasteiger partial charge >= 0.3 is 11.9 Å². The summed E-state index contributed by atoms with van der Waals surface area (Å²) < 4.78 is 16.2. The summed E-state index contributed by atoms with van der Waals surface area (Å²) in [5.41, 5.74) is -1.51. The maximum absolute atomic E-state index is 11.9. The van der Waals surface area contributed by atoms with Gasteiger partial charge in [0.2, 0.25) is 0 Å². The Kier molecular flexibility index (Phi) is 15.1. The van der Waals surface area contributed by atoms with Crippen LogP contribution in [0.15, 0.2) is 12.7 Å². The number of ether oxygens (including phenoxy) is 3. The fraction of sp³-hybridized carbons (Fsp3) is 0.800. The largest absolute Gasteiger partial charge is 0.465 e. The minimum atomic E-state index is -0.756. The normalized spacial score (nSPS) is 15.2. The van der Waals surface area contributed by atoms with Crippen molar-refractivity contribution in [3.05, 3.63) is 12.7 Å². The topological polar surface area (TPSA) is 123 Å². The molecule has 0 rings (SSSR count). The molecule has 0 aliphatic carbocycles. The fourth-order valence-corrected chi connectivity index (χ4v) is 2.94. The number of rotatable bonds is 18. The third-order valence-electron chi connectivity index (χ3n) is 4.90. The van der Waals surface area contributed by atoms with Crippen molar-refractivity contribution in [3.63, 3.8) is 0 Å². The molecule has 2 unspecified atom stereocenters. The van der Waals surface area contributed by atoms with E-state index in [0.29, 0.717) is 24.3 Å². The number of carbonyl (C=O) groups is 2. The molecule has 0 radical (unpaired) electrons. The molecule has 0 amide bonds. The zero-order valence-corrected chi connectivity index (χ0v) is 18.4. The molecule has 0 saturated heterocycles. The van der Waals surface area contributed by atoms with Crippen LogP contribution in [0.25, 0.3) is 0 Å². The Labute approximate surface area is 177 Å². The summed E-state index contributed by atoms with van der Waals surface area (Å²) in [7, 11) is 0. The van der Waals surface area contributed by atoms with Crippen LogP contribution in [-0.2, 0) is 23.8 Å². The van der Waals surface area contributed by atoms with Gasteiger partial charge in [-0.2, -0.15) is 11.8 Å².